The van der Waals surface area contributed by atoms with Gasteiger partial charge in [0.25, 0.3) is 5.91 Å². The van der Waals surface area contributed by atoms with Crippen molar-refractivity contribution in [1.82, 2.24) is 5.32 Å². The van der Waals surface area contributed by atoms with E-state index in [0.29, 0.717) is 23.6 Å². The molecule has 8 heteroatoms. The number of hydrogen-bond acceptors (Lipinski definition) is 5. The van der Waals surface area contributed by atoms with Crippen molar-refractivity contribution < 1.29 is 14.4 Å². The van der Waals surface area contributed by atoms with Crippen LogP contribution in [-0.4, -0.2) is 29.3 Å². The first kappa shape index (κ1) is 22.3. The minimum absolute atomic E-state index is 0.0498. The number of nitrogens with zero attached hydrogens (tertiary/aromatic N) is 2. The minimum Gasteiger partial charge on any atom is -0.326 e. The lowest BCUT2D eigenvalue weighted by Crippen LogP contribution is -2.31. The number of amides is 3. The third-order valence-corrected chi connectivity index (χ3v) is 5.75. The molecule has 0 unspecified atom stereocenters. The van der Waals surface area contributed by atoms with Gasteiger partial charge in [0.15, 0.2) is 0 Å². The van der Waals surface area contributed by atoms with Gasteiger partial charge in [-0.15, -0.1) is 11.8 Å². The van der Waals surface area contributed by atoms with Gasteiger partial charge in [-0.2, -0.15) is 10.1 Å². The maximum absolute atomic E-state index is 12.4. The fourth-order valence-electron chi connectivity index (χ4n) is 3.27. The quantitative estimate of drug-likeness (QED) is 0.527. The van der Waals surface area contributed by atoms with E-state index < -0.39 is 0 Å². The molecule has 0 radical (unpaired) electrons. The monoisotopic (exact) mass is 458 g/mol. The summed E-state index contributed by atoms with van der Waals surface area (Å²) in [4.78, 5) is 37.7. The molecule has 1 aliphatic rings. The molecular formula is C25H22N4O3S. The Balaban J connectivity index is 1.28. The second-order valence-corrected chi connectivity index (χ2v) is 8.39. The number of rotatable bonds is 7. The summed E-state index contributed by atoms with van der Waals surface area (Å²) >= 11 is 1.34. The lowest BCUT2D eigenvalue weighted by molar-refractivity contribution is -0.117. The van der Waals surface area contributed by atoms with Gasteiger partial charge in [-0.05, 0) is 35.9 Å². The van der Waals surface area contributed by atoms with E-state index in [2.05, 4.69) is 15.7 Å². The zero-order valence-corrected chi connectivity index (χ0v) is 18.5. The smallest absolute Gasteiger partial charge is 0.255 e. The molecule has 0 aromatic heterocycles. The molecule has 3 amide bonds. The van der Waals surface area contributed by atoms with Crippen LogP contribution in [0.2, 0.25) is 0 Å². The highest BCUT2D eigenvalue weighted by atomic mass is 32.2. The zero-order chi connectivity index (χ0) is 23.0. The molecule has 0 spiro atoms. The Bertz CT molecular complexity index is 1180. The van der Waals surface area contributed by atoms with Crippen LogP contribution in [0.25, 0.3) is 0 Å². The standard InChI is InChI=1S/C25H22N4O3S/c30-23(14-18-8-3-1-4-9-18)26-19-10-7-13-21(15-19)33-17-24(31)27-22-16-25(32)29(28-22)20-11-5-2-6-12-20/h1-13,15H,14,16-17H2,(H,26,30)(H,27,28,31). The molecule has 0 atom stereocenters. The van der Waals surface area contributed by atoms with Crippen molar-refractivity contribution in [2.24, 2.45) is 5.10 Å². The summed E-state index contributed by atoms with van der Waals surface area (Å²) in [6, 6.07) is 25.9. The Morgan fingerprint density at radius 1 is 0.879 bits per heavy atom. The van der Waals surface area contributed by atoms with Crippen molar-refractivity contribution >= 4 is 46.7 Å². The van der Waals surface area contributed by atoms with E-state index in [0.717, 1.165) is 10.5 Å². The molecule has 166 valence electrons. The fraction of sp³-hybridized carbons (Fsp3) is 0.120. The number of anilines is 2. The van der Waals surface area contributed by atoms with Crippen molar-refractivity contribution in [1.29, 1.82) is 0 Å². The first-order valence-electron chi connectivity index (χ1n) is 10.4. The molecule has 33 heavy (non-hydrogen) atoms. The van der Waals surface area contributed by atoms with Gasteiger partial charge in [0, 0.05) is 10.6 Å². The number of nitrogens with one attached hydrogen (secondary N) is 2. The number of para-hydroxylation sites is 1. The van der Waals surface area contributed by atoms with Crippen molar-refractivity contribution in [3.05, 3.63) is 90.5 Å². The molecular weight excluding hydrogens is 436 g/mol. The van der Waals surface area contributed by atoms with E-state index >= 15 is 0 Å². The topological polar surface area (TPSA) is 90.9 Å². The molecule has 7 nitrogen and oxygen atoms in total. The van der Waals surface area contributed by atoms with Gasteiger partial charge < -0.3 is 10.6 Å². The number of benzene rings is 3. The van der Waals surface area contributed by atoms with Crippen LogP contribution in [0.3, 0.4) is 0 Å². The second-order valence-electron chi connectivity index (χ2n) is 7.34. The van der Waals surface area contributed by atoms with Crippen LogP contribution in [-0.2, 0) is 20.8 Å². The van der Waals surface area contributed by atoms with E-state index in [4.69, 9.17) is 0 Å². The van der Waals surface area contributed by atoms with Gasteiger partial charge in [-0.3, -0.25) is 14.4 Å². The van der Waals surface area contributed by atoms with E-state index in [1.54, 1.807) is 12.1 Å². The summed E-state index contributed by atoms with van der Waals surface area (Å²) in [5.74, 6) is -0.0626. The molecule has 0 aliphatic carbocycles. The van der Waals surface area contributed by atoms with Crippen LogP contribution in [0.5, 0.6) is 0 Å². The largest absolute Gasteiger partial charge is 0.326 e. The molecule has 3 aromatic carbocycles. The predicted molar refractivity (Wildman–Crippen MR) is 130 cm³/mol. The van der Waals surface area contributed by atoms with E-state index in [-0.39, 0.29) is 29.9 Å². The van der Waals surface area contributed by atoms with Crippen molar-refractivity contribution in [2.75, 3.05) is 16.1 Å². The van der Waals surface area contributed by atoms with Crippen LogP contribution in [0.4, 0.5) is 11.4 Å². The van der Waals surface area contributed by atoms with Crippen LogP contribution >= 0.6 is 11.8 Å². The number of carbonyl (C=O) groups is 3. The van der Waals surface area contributed by atoms with Crippen molar-refractivity contribution in [3.8, 4) is 0 Å². The fourth-order valence-corrected chi connectivity index (χ4v) is 4.02. The van der Waals surface area contributed by atoms with Gasteiger partial charge in [0.05, 0.1) is 24.3 Å². The summed E-state index contributed by atoms with van der Waals surface area (Å²) < 4.78 is 0. The summed E-state index contributed by atoms with van der Waals surface area (Å²) in [5.41, 5.74) is 2.27. The van der Waals surface area contributed by atoms with Gasteiger partial charge in [0.2, 0.25) is 11.8 Å². The molecule has 0 bridgehead atoms. The molecule has 0 saturated carbocycles. The van der Waals surface area contributed by atoms with Gasteiger partial charge >= 0.3 is 0 Å². The molecule has 2 N–H and O–H groups in total. The third-order valence-electron chi connectivity index (χ3n) is 4.76. The summed E-state index contributed by atoms with van der Waals surface area (Å²) in [5, 5.41) is 11.1. The highest BCUT2D eigenvalue weighted by Gasteiger charge is 2.26. The normalized spacial score (nSPS) is 12.9. The summed E-state index contributed by atoms with van der Waals surface area (Å²) in [7, 11) is 0. The Morgan fingerprint density at radius 2 is 1.61 bits per heavy atom. The third kappa shape index (κ3) is 6.30. The van der Waals surface area contributed by atoms with Crippen LogP contribution in [0.15, 0.2) is 94.9 Å². The number of thioether (sulfide) groups is 1. The number of amidine groups is 1. The number of carbonyl (C=O) groups excluding carboxylic acids is 3. The predicted octanol–water partition coefficient (Wildman–Crippen LogP) is 3.83. The average Bonchev–Trinajstić information content (AvgIpc) is 3.19. The Hall–Kier alpha value is -3.91. The lowest BCUT2D eigenvalue weighted by Gasteiger charge is -2.10. The molecule has 4 rings (SSSR count). The van der Waals surface area contributed by atoms with Crippen LogP contribution in [0, 0.1) is 0 Å². The Labute approximate surface area is 195 Å². The van der Waals surface area contributed by atoms with Gasteiger partial charge in [-0.1, -0.05) is 54.6 Å². The molecule has 0 fully saturated rings. The molecule has 1 heterocycles. The highest BCUT2D eigenvalue weighted by Crippen LogP contribution is 2.22. The maximum Gasteiger partial charge on any atom is 0.255 e. The van der Waals surface area contributed by atoms with Crippen molar-refractivity contribution in [2.45, 2.75) is 17.7 Å². The maximum atomic E-state index is 12.4. The summed E-state index contributed by atoms with van der Waals surface area (Å²) in [6.07, 6.45) is 0.343. The SMILES string of the molecule is O=C(CSc1cccc(NC(=O)Cc2ccccc2)c1)NC1=NN(c2ccccc2)C(=O)C1. The van der Waals surface area contributed by atoms with Gasteiger partial charge in [0.1, 0.15) is 5.84 Å². The molecule has 1 aliphatic heterocycles. The van der Waals surface area contributed by atoms with E-state index in [1.165, 1.54) is 16.8 Å². The average molecular weight is 459 g/mol. The Morgan fingerprint density at radius 3 is 2.36 bits per heavy atom. The second kappa shape index (κ2) is 10.6. The minimum atomic E-state index is -0.250. The first-order chi connectivity index (χ1) is 16.1. The van der Waals surface area contributed by atoms with Crippen molar-refractivity contribution in [3.63, 3.8) is 0 Å². The van der Waals surface area contributed by atoms with Crippen LogP contribution < -0.4 is 15.6 Å². The number of hydrazone groups is 1. The van der Waals surface area contributed by atoms with Gasteiger partial charge in [-0.25, -0.2) is 0 Å². The number of hydrogen-bond donors (Lipinski definition) is 2. The lowest BCUT2D eigenvalue weighted by atomic mass is 10.1. The van der Waals surface area contributed by atoms with Crippen LogP contribution in [0.1, 0.15) is 12.0 Å². The van der Waals surface area contributed by atoms with E-state index in [9.17, 15) is 14.4 Å². The molecule has 3 aromatic rings. The Kier molecular flexibility index (Phi) is 7.16. The molecule has 0 saturated heterocycles. The zero-order valence-electron chi connectivity index (χ0n) is 17.7. The summed E-state index contributed by atoms with van der Waals surface area (Å²) in [6.45, 7) is 0. The highest BCUT2D eigenvalue weighted by molar-refractivity contribution is 8.00. The first-order valence-corrected chi connectivity index (χ1v) is 11.4. The van der Waals surface area contributed by atoms with E-state index in [1.807, 2.05) is 72.8 Å².